The molecule has 0 radical (unpaired) electrons. The third-order valence-corrected chi connectivity index (χ3v) is 4.00. The first-order chi connectivity index (χ1) is 12.0. The molecule has 6 heteroatoms. The van der Waals surface area contributed by atoms with Crippen LogP contribution in [0.3, 0.4) is 0 Å². The van der Waals surface area contributed by atoms with Gasteiger partial charge in [-0.1, -0.05) is 29.8 Å². The second-order valence-electron chi connectivity index (χ2n) is 5.46. The largest absolute Gasteiger partial charge is 0.338 e. The van der Waals surface area contributed by atoms with Gasteiger partial charge in [0, 0.05) is 16.9 Å². The highest BCUT2D eigenvalue weighted by Crippen LogP contribution is 2.21. The summed E-state index contributed by atoms with van der Waals surface area (Å²) in [5.74, 6) is -0.229. The number of amides is 1. The van der Waals surface area contributed by atoms with Crippen LogP contribution in [0.1, 0.15) is 15.9 Å². The van der Waals surface area contributed by atoms with Crippen LogP contribution in [0.4, 0.5) is 21.6 Å². The molecule has 1 amide bonds. The van der Waals surface area contributed by atoms with Crippen molar-refractivity contribution in [2.24, 2.45) is 0 Å². The smallest absolute Gasteiger partial charge is 0.257 e. The molecule has 0 saturated heterocycles. The normalized spacial score (nSPS) is 10.4. The van der Waals surface area contributed by atoms with Crippen molar-refractivity contribution in [1.82, 2.24) is 4.98 Å². The van der Waals surface area contributed by atoms with E-state index in [9.17, 15) is 9.18 Å². The molecular formula is C19H15ClFN3O. The molecule has 0 saturated carbocycles. The predicted molar refractivity (Wildman–Crippen MR) is 98.1 cm³/mol. The molecule has 126 valence electrons. The Kier molecular flexibility index (Phi) is 4.95. The molecule has 0 bridgehead atoms. The van der Waals surface area contributed by atoms with Crippen molar-refractivity contribution in [3.8, 4) is 0 Å². The van der Waals surface area contributed by atoms with E-state index in [4.69, 9.17) is 11.6 Å². The summed E-state index contributed by atoms with van der Waals surface area (Å²) < 4.78 is 13.6. The summed E-state index contributed by atoms with van der Waals surface area (Å²) in [6, 6.07) is 14.8. The van der Waals surface area contributed by atoms with Crippen molar-refractivity contribution in [3.05, 3.63) is 82.8 Å². The van der Waals surface area contributed by atoms with Gasteiger partial charge >= 0.3 is 0 Å². The zero-order valence-corrected chi connectivity index (χ0v) is 14.1. The Balaban J connectivity index is 1.70. The second-order valence-corrected chi connectivity index (χ2v) is 5.86. The molecule has 3 rings (SSSR count). The maximum Gasteiger partial charge on any atom is 0.257 e. The van der Waals surface area contributed by atoms with Gasteiger partial charge in [-0.3, -0.25) is 4.79 Å². The number of pyridine rings is 1. The highest BCUT2D eigenvalue weighted by Gasteiger charge is 2.08. The quantitative estimate of drug-likeness (QED) is 0.678. The fraction of sp³-hybridized carbons (Fsp3) is 0.0526. The van der Waals surface area contributed by atoms with E-state index in [-0.39, 0.29) is 11.7 Å². The Bertz CT molecular complexity index is 913. The van der Waals surface area contributed by atoms with Crippen molar-refractivity contribution < 1.29 is 9.18 Å². The van der Waals surface area contributed by atoms with E-state index in [1.165, 1.54) is 12.3 Å². The van der Waals surface area contributed by atoms with E-state index >= 15 is 0 Å². The molecule has 2 N–H and O–H groups in total. The Morgan fingerprint density at radius 2 is 1.92 bits per heavy atom. The van der Waals surface area contributed by atoms with Gasteiger partial charge in [-0.15, -0.1) is 0 Å². The molecule has 0 aliphatic heterocycles. The number of aromatic nitrogens is 1. The lowest BCUT2D eigenvalue weighted by atomic mass is 10.2. The number of carbonyl (C=O) groups excluding carboxylic acids is 1. The van der Waals surface area contributed by atoms with Gasteiger partial charge in [0.15, 0.2) is 0 Å². The summed E-state index contributed by atoms with van der Waals surface area (Å²) in [5, 5.41) is 6.21. The van der Waals surface area contributed by atoms with Gasteiger partial charge < -0.3 is 10.6 Å². The first-order valence-corrected chi connectivity index (χ1v) is 7.96. The first-order valence-electron chi connectivity index (χ1n) is 7.58. The van der Waals surface area contributed by atoms with Gasteiger partial charge in [-0.05, 0) is 48.9 Å². The summed E-state index contributed by atoms with van der Waals surface area (Å²) in [6.07, 6.45) is 1.42. The zero-order chi connectivity index (χ0) is 17.8. The minimum absolute atomic E-state index is 0.301. The average molecular weight is 356 g/mol. The number of nitrogens with zero attached hydrogens (tertiary/aromatic N) is 1. The minimum atomic E-state index is -0.373. The molecule has 2 aromatic carbocycles. The third kappa shape index (κ3) is 4.14. The van der Waals surface area contributed by atoms with Crippen LogP contribution >= 0.6 is 11.6 Å². The lowest BCUT2D eigenvalue weighted by Gasteiger charge is -2.09. The Hall–Kier alpha value is -2.92. The number of aryl methyl sites for hydroxylation is 1. The number of nitrogens with one attached hydrogen (secondary N) is 2. The molecule has 0 aliphatic carbocycles. The summed E-state index contributed by atoms with van der Waals surface area (Å²) in [4.78, 5) is 16.4. The van der Waals surface area contributed by atoms with Gasteiger partial charge in [0.1, 0.15) is 11.6 Å². The number of hydrogen-bond donors (Lipinski definition) is 2. The van der Waals surface area contributed by atoms with E-state index in [0.717, 1.165) is 5.56 Å². The molecule has 0 aliphatic rings. The van der Waals surface area contributed by atoms with Crippen LogP contribution in [0.25, 0.3) is 0 Å². The fourth-order valence-corrected chi connectivity index (χ4v) is 2.36. The zero-order valence-electron chi connectivity index (χ0n) is 13.4. The van der Waals surface area contributed by atoms with Crippen molar-refractivity contribution in [2.75, 3.05) is 10.6 Å². The van der Waals surface area contributed by atoms with Crippen LogP contribution in [0.15, 0.2) is 60.8 Å². The van der Waals surface area contributed by atoms with Crippen molar-refractivity contribution >= 4 is 34.7 Å². The average Bonchev–Trinajstić information content (AvgIpc) is 2.61. The topological polar surface area (TPSA) is 54.0 Å². The molecule has 25 heavy (non-hydrogen) atoms. The fourth-order valence-electron chi connectivity index (χ4n) is 2.18. The number of para-hydroxylation sites is 1. The SMILES string of the molecule is Cc1ccc(NC(=O)c2ccc(Nc3ccccc3F)nc2)cc1Cl. The standard InChI is InChI=1S/C19H15ClFN3O/c1-12-6-8-14(10-15(12)20)23-19(25)13-7-9-18(22-11-13)24-17-5-3-2-4-16(17)21/h2-11H,1H3,(H,22,24)(H,23,25). The van der Waals surface area contributed by atoms with Crippen molar-refractivity contribution in [1.29, 1.82) is 0 Å². The van der Waals surface area contributed by atoms with Gasteiger partial charge in [0.05, 0.1) is 11.3 Å². The highest BCUT2D eigenvalue weighted by molar-refractivity contribution is 6.31. The molecule has 0 fully saturated rings. The molecule has 3 aromatic rings. The van der Waals surface area contributed by atoms with Crippen LogP contribution in [0.5, 0.6) is 0 Å². The second kappa shape index (κ2) is 7.32. The molecule has 0 spiro atoms. The van der Waals surface area contributed by atoms with E-state index in [1.807, 2.05) is 13.0 Å². The monoisotopic (exact) mass is 355 g/mol. The Labute approximate surface area is 149 Å². The summed E-state index contributed by atoms with van der Waals surface area (Å²) >= 11 is 6.05. The van der Waals surface area contributed by atoms with Crippen LogP contribution < -0.4 is 10.6 Å². The number of halogens is 2. The van der Waals surface area contributed by atoms with Crippen molar-refractivity contribution in [3.63, 3.8) is 0 Å². The molecule has 0 unspecified atom stereocenters. The molecular weight excluding hydrogens is 341 g/mol. The third-order valence-electron chi connectivity index (χ3n) is 3.59. The van der Waals surface area contributed by atoms with Crippen LogP contribution in [-0.2, 0) is 0 Å². The predicted octanol–water partition coefficient (Wildman–Crippen LogP) is 5.18. The maximum atomic E-state index is 13.6. The lowest BCUT2D eigenvalue weighted by Crippen LogP contribution is -2.12. The minimum Gasteiger partial charge on any atom is -0.338 e. The van der Waals surface area contributed by atoms with E-state index < -0.39 is 0 Å². The summed E-state index contributed by atoms with van der Waals surface area (Å²) in [7, 11) is 0. The number of benzene rings is 2. The first kappa shape index (κ1) is 16.9. The number of carbonyl (C=O) groups is 1. The van der Waals surface area contributed by atoms with Gasteiger partial charge in [-0.25, -0.2) is 9.37 Å². The molecule has 0 atom stereocenters. The van der Waals surface area contributed by atoms with Crippen molar-refractivity contribution in [2.45, 2.75) is 6.92 Å². The van der Waals surface area contributed by atoms with Gasteiger partial charge in [0.2, 0.25) is 0 Å². The van der Waals surface area contributed by atoms with E-state index in [1.54, 1.807) is 42.5 Å². The highest BCUT2D eigenvalue weighted by atomic mass is 35.5. The molecule has 1 heterocycles. The van der Waals surface area contributed by atoms with Crippen LogP contribution in [0.2, 0.25) is 5.02 Å². The number of anilines is 3. The summed E-state index contributed by atoms with van der Waals surface area (Å²) in [6.45, 7) is 1.89. The Morgan fingerprint density at radius 1 is 1.12 bits per heavy atom. The summed E-state index contributed by atoms with van der Waals surface area (Å²) in [5.41, 5.74) is 2.25. The van der Waals surface area contributed by atoms with Gasteiger partial charge in [-0.2, -0.15) is 0 Å². The number of rotatable bonds is 4. The Morgan fingerprint density at radius 3 is 2.60 bits per heavy atom. The van der Waals surface area contributed by atoms with E-state index in [0.29, 0.717) is 27.8 Å². The van der Waals surface area contributed by atoms with E-state index in [2.05, 4.69) is 15.6 Å². The molecule has 1 aromatic heterocycles. The van der Waals surface area contributed by atoms with Crippen LogP contribution in [0, 0.1) is 12.7 Å². The number of hydrogen-bond acceptors (Lipinski definition) is 3. The maximum absolute atomic E-state index is 13.6. The molecule has 4 nitrogen and oxygen atoms in total. The van der Waals surface area contributed by atoms with Crippen LogP contribution in [-0.4, -0.2) is 10.9 Å². The lowest BCUT2D eigenvalue weighted by molar-refractivity contribution is 0.102. The van der Waals surface area contributed by atoms with Gasteiger partial charge in [0.25, 0.3) is 5.91 Å².